The van der Waals surface area contributed by atoms with Crippen molar-refractivity contribution in [3.8, 4) is 5.75 Å². The number of benzene rings is 2. The first kappa shape index (κ1) is 13.9. The zero-order valence-corrected chi connectivity index (χ0v) is 12.1. The van der Waals surface area contributed by atoms with Crippen LogP contribution >= 0.6 is 0 Å². The van der Waals surface area contributed by atoms with Crippen LogP contribution < -0.4 is 4.74 Å². The highest BCUT2D eigenvalue weighted by Gasteiger charge is 2.31. The summed E-state index contributed by atoms with van der Waals surface area (Å²) in [4.78, 5) is 13.1. The van der Waals surface area contributed by atoms with E-state index in [1.807, 2.05) is 29.2 Å². The molecule has 1 aliphatic rings. The average Bonchev–Trinajstić information content (AvgIpc) is 3.31. The molecule has 3 rings (SSSR count). The Morgan fingerprint density at radius 1 is 1.29 bits per heavy atom. The lowest BCUT2D eigenvalue weighted by Gasteiger charge is -2.22. The number of carbonyl (C=O) groups is 1. The molecule has 0 saturated heterocycles. The highest BCUT2D eigenvalue weighted by molar-refractivity contribution is 5.87. The van der Waals surface area contributed by atoms with Crippen LogP contribution in [0.3, 0.4) is 0 Å². The monoisotopic (exact) mass is 285 g/mol. The highest BCUT2D eigenvalue weighted by atomic mass is 16.5. The molecule has 0 unspecified atom stereocenters. The molecule has 4 heteroatoms. The van der Waals surface area contributed by atoms with E-state index in [-0.39, 0.29) is 6.54 Å². The number of hydrogen-bond acceptors (Lipinski definition) is 3. The molecule has 2 aromatic carbocycles. The molecule has 4 nitrogen and oxygen atoms in total. The van der Waals surface area contributed by atoms with Gasteiger partial charge in [0.1, 0.15) is 5.75 Å². The summed E-state index contributed by atoms with van der Waals surface area (Å²) in [6, 6.07) is 12.5. The van der Waals surface area contributed by atoms with E-state index in [0.29, 0.717) is 12.6 Å². The Morgan fingerprint density at radius 2 is 2.05 bits per heavy atom. The lowest BCUT2D eigenvalue weighted by Crippen LogP contribution is -2.31. The van der Waals surface area contributed by atoms with Crippen LogP contribution in [-0.2, 0) is 11.3 Å². The second kappa shape index (κ2) is 5.74. The van der Waals surface area contributed by atoms with Gasteiger partial charge in [0.25, 0.3) is 0 Å². The van der Waals surface area contributed by atoms with Gasteiger partial charge in [-0.3, -0.25) is 9.69 Å². The fourth-order valence-corrected chi connectivity index (χ4v) is 2.80. The van der Waals surface area contributed by atoms with Gasteiger partial charge in [0.05, 0.1) is 13.7 Å². The van der Waals surface area contributed by atoms with Crippen molar-refractivity contribution in [2.45, 2.75) is 25.4 Å². The van der Waals surface area contributed by atoms with Gasteiger partial charge in [-0.15, -0.1) is 0 Å². The SMILES string of the molecule is COc1ccc2ccccc2c1CN(CC(=O)O)C1CC1. The minimum Gasteiger partial charge on any atom is -0.496 e. The molecule has 1 saturated carbocycles. The minimum absolute atomic E-state index is 0.0804. The van der Waals surface area contributed by atoms with E-state index in [2.05, 4.69) is 12.1 Å². The van der Waals surface area contributed by atoms with Crippen LogP contribution in [0.1, 0.15) is 18.4 Å². The van der Waals surface area contributed by atoms with Gasteiger partial charge in [-0.25, -0.2) is 0 Å². The Kier molecular flexibility index (Phi) is 3.80. The second-order valence-electron chi connectivity index (χ2n) is 5.50. The average molecular weight is 285 g/mol. The van der Waals surface area contributed by atoms with Crippen molar-refractivity contribution in [3.05, 3.63) is 42.0 Å². The van der Waals surface area contributed by atoms with E-state index in [1.165, 1.54) is 0 Å². The van der Waals surface area contributed by atoms with Crippen molar-refractivity contribution >= 4 is 16.7 Å². The summed E-state index contributed by atoms with van der Waals surface area (Å²) in [6.07, 6.45) is 2.17. The predicted molar refractivity (Wildman–Crippen MR) is 81.6 cm³/mol. The van der Waals surface area contributed by atoms with Crippen LogP contribution in [0.4, 0.5) is 0 Å². The zero-order valence-electron chi connectivity index (χ0n) is 12.1. The number of methoxy groups -OCH3 is 1. The molecule has 2 aromatic rings. The Balaban J connectivity index is 1.99. The molecule has 0 amide bonds. The molecule has 0 heterocycles. The fourth-order valence-electron chi connectivity index (χ4n) is 2.80. The number of ether oxygens (including phenoxy) is 1. The summed E-state index contributed by atoms with van der Waals surface area (Å²) < 4.78 is 5.49. The first-order valence-electron chi connectivity index (χ1n) is 7.19. The fraction of sp³-hybridized carbons (Fsp3) is 0.353. The topological polar surface area (TPSA) is 49.8 Å². The largest absolute Gasteiger partial charge is 0.496 e. The van der Waals surface area contributed by atoms with Crippen LogP contribution in [0.2, 0.25) is 0 Å². The number of carboxylic acid groups (broad SMARTS) is 1. The molecule has 0 bridgehead atoms. The van der Waals surface area contributed by atoms with Crippen molar-refractivity contribution < 1.29 is 14.6 Å². The minimum atomic E-state index is -0.777. The van der Waals surface area contributed by atoms with E-state index in [9.17, 15) is 4.79 Å². The summed E-state index contributed by atoms with van der Waals surface area (Å²) in [5.41, 5.74) is 1.07. The third-order valence-corrected chi connectivity index (χ3v) is 3.98. The van der Waals surface area contributed by atoms with Crippen molar-refractivity contribution in [1.29, 1.82) is 0 Å². The normalized spacial score (nSPS) is 14.6. The lowest BCUT2D eigenvalue weighted by molar-refractivity contribution is -0.138. The van der Waals surface area contributed by atoms with Crippen LogP contribution in [-0.4, -0.2) is 35.7 Å². The van der Waals surface area contributed by atoms with Crippen LogP contribution in [0.5, 0.6) is 5.75 Å². The maximum atomic E-state index is 11.1. The zero-order chi connectivity index (χ0) is 14.8. The number of rotatable bonds is 6. The van der Waals surface area contributed by atoms with Crippen LogP contribution in [0.25, 0.3) is 10.8 Å². The summed E-state index contributed by atoms with van der Waals surface area (Å²) in [6.45, 7) is 0.693. The van der Waals surface area contributed by atoms with E-state index >= 15 is 0 Å². The van der Waals surface area contributed by atoms with E-state index in [4.69, 9.17) is 9.84 Å². The number of aliphatic carboxylic acids is 1. The number of fused-ring (bicyclic) bond motifs is 1. The van der Waals surface area contributed by atoms with E-state index < -0.39 is 5.97 Å². The molecule has 21 heavy (non-hydrogen) atoms. The van der Waals surface area contributed by atoms with Gasteiger partial charge in [0.2, 0.25) is 0 Å². The Morgan fingerprint density at radius 3 is 2.71 bits per heavy atom. The first-order chi connectivity index (χ1) is 10.2. The lowest BCUT2D eigenvalue weighted by atomic mass is 10.0. The Hall–Kier alpha value is -2.07. The van der Waals surface area contributed by atoms with E-state index in [1.54, 1.807) is 7.11 Å². The summed E-state index contributed by atoms with van der Waals surface area (Å²) in [7, 11) is 1.66. The molecule has 0 aromatic heterocycles. The summed E-state index contributed by atoms with van der Waals surface area (Å²) in [5, 5.41) is 11.4. The van der Waals surface area contributed by atoms with Gasteiger partial charge < -0.3 is 9.84 Å². The number of carboxylic acids is 1. The molecule has 0 atom stereocenters. The Bertz CT molecular complexity index is 664. The molecule has 1 fully saturated rings. The number of hydrogen-bond donors (Lipinski definition) is 1. The summed E-state index contributed by atoms with van der Waals surface area (Å²) in [5.74, 6) is 0.0471. The molecule has 110 valence electrons. The molecule has 0 spiro atoms. The van der Waals surface area contributed by atoms with Gasteiger partial charge in [-0.1, -0.05) is 30.3 Å². The molecule has 0 aliphatic heterocycles. The molecule has 1 aliphatic carbocycles. The molecule has 1 N–H and O–H groups in total. The van der Waals surface area contributed by atoms with Crippen molar-refractivity contribution in [2.24, 2.45) is 0 Å². The third kappa shape index (κ3) is 3.00. The van der Waals surface area contributed by atoms with Crippen molar-refractivity contribution in [2.75, 3.05) is 13.7 Å². The maximum absolute atomic E-state index is 11.1. The highest BCUT2D eigenvalue weighted by Crippen LogP contribution is 2.33. The van der Waals surface area contributed by atoms with Crippen LogP contribution in [0, 0.1) is 0 Å². The van der Waals surface area contributed by atoms with Gasteiger partial charge >= 0.3 is 5.97 Å². The predicted octanol–water partition coefficient (Wildman–Crippen LogP) is 2.90. The molecular weight excluding hydrogens is 266 g/mol. The van der Waals surface area contributed by atoms with Gasteiger partial charge in [-0.2, -0.15) is 0 Å². The maximum Gasteiger partial charge on any atom is 0.317 e. The van der Waals surface area contributed by atoms with Gasteiger partial charge in [0.15, 0.2) is 0 Å². The second-order valence-corrected chi connectivity index (χ2v) is 5.50. The van der Waals surface area contributed by atoms with Gasteiger partial charge in [0, 0.05) is 18.2 Å². The third-order valence-electron chi connectivity index (χ3n) is 3.98. The number of nitrogens with zero attached hydrogens (tertiary/aromatic N) is 1. The molecular formula is C17H19NO3. The van der Waals surface area contributed by atoms with Crippen molar-refractivity contribution in [1.82, 2.24) is 4.90 Å². The molecule has 0 radical (unpaired) electrons. The quantitative estimate of drug-likeness (QED) is 0.886. The standard InChI is InChI=1S/C17H19NO3/c1-21-16-9-6-12-4-2-3-5-14(12)15(16)10-18(11-17(19)20)13-7-8-13/h2-6,9,13H,7-8,10-11H2,1H3,(H,19,20). The van der Waals surface area contributed by atoms with Gasteiger partial charge in [-0.05, 0) is 29.7 Å². The summed E-state index contributed by atoms with van der Waals surface area (Å²) >= 11 is 0. The van der Waals surface area contributed by atoms with Crippen LogP contribution in [0.15, 0.2) is 36.4 Å². The first-order valence-corrected chi connectivity index (χ1v) is 7.19. The van der Waals surface area contributed by atoms with E-state index in [0.717, 1.165) is 34.9 Å². The van der Waals surface area contributed by atoms with Crippen molar-refractivity contribution in [3.63, 3.8) is 0 Å². The smallest absolute Gasteiger partial charge is 0.317 e. The Labute approximate surface area is 123 Å².